The van der Waals surface area contributed by atoms with Crippen LogP contribution in [0.3, 0.4) is 0 Å². The Hall–Kier alpha value is -0.980. The summed E-state index contributed by atoms with van der Waals surface area (Å²) < 4.78 is 33.5. The molecule has 0 aromatic heterocycles. The third kappa shape index (κ3) is 3.32. The van der Waals surface area contributed by atoms with Gasteiger partial charge in [0.15, 0.2) is 11.6 Å². The van der Waals surface area contributed by atoms with E-state index in [-0.39, 0.29) is 12.3 Å². The second-order valence-corrected chi connectivity index (χ2v) is 5.59. The summed E-state index contributed by atoms with van der Waals surface area (Å²) >= 11 is 6.40. The Morgan fingerprint density at radius 2 is 1.74 bits per heavy atom. The van der Waals surface area contributed by atoms with Gasteiger partial charge in [0.05, 0.1) is 0 Å². The monoisotopic (exact) mass is 391 g/mol. The van der Waals surface area contributed by atoms with Crippen molar-refractivity contribution in [1.82, 2.24) is 0 Å². The number of hydrogen-bond acceptors (Lipinski definition) is 2. The van der Waals surface area contributed by atoms with Crippen molar-refractivity contribution in [3.05, 3.63) is 56.5 Å². The van der Waals surface area contributed by atoms with Gasteiger partial charge < -0.3 is 10.5 Å². The predicted octanol–water partition coefficient (Wildman–Crippen LogP) is 4.74. The van der Waals surface area contributed by atoms with Gasteiger partial charge in [0.1, 0.15) is 5.75 Å². The Labute approximate surface area is 125 Å². The molecule has 0 fully saturated rings. The van der Waals surface area contributed by atoms with Crippen LogP contribution in [0.5, 0.6) is 11.5 Å². The average molecular weight is 393 g/mol. The molecule has 0 aliphatic heterocycles. The van der Waals surface area contributed by atoms with Gasteiger partial charge in [0, 0.05) is 21.1 Å². The lowest BCUT2D eigenvalue weighted by atomic mass is 10.2. The van der Waals surface area contributed by atoms with Gasteiger partial charge >= 0.3 is 0 Å². The zero-order chi connectivity index (χ0) is 14.0. The van der Waals surface area contributed by atoms with Gasteiger partial charge in [-0.3, -0.25) is 0 Å². The molecule has 0 radical (unpaired) electrons. The van der Waals surface area contributed by atoms with Crippen LogP contribution in [-0.2, 0) is 6.54 Å². The fourth-order valence-electron chi connectivity index (χ4n) is 1.53. The Bertz CT molecular complexity index is 620. The van der Waals surface area contributed by atoms with Crippen molar-refractivity contribution in [1.29, 1.82) is 0 Å². The lowest BCUT2D eigenvalue weighted by Gasteiger charge is -2.11. The zero-order valence-corrected chi connectivity index (χ0v) is 12.8. The molecular weight excluding hydrogens is 384 g/mol. The van der Waals surface area contributed by atoms with Gasteiger partial charge in [-0.25, -0.2) is 4.39 Å². The highest BCUT2D eigenvalue weighted by molar-refractivity contribution is 9.10. The molecule has 0 aliphatic carbocycles. The molecule has 2 nitrogen and oxygen atoms in total. The molecule has 0 heterocycles. The second-order valence-electron chi connectivity index (χ2n) is 3.76. The first-order valence-corrected chi connectivity index (χ1v) is 6.90. The lowest BCUT2D eigenvalue weighted by molar-refractivity contribution is 0.412. The van der Waals surface area contributed by atoms with Crippen LogP contribution in [0.25, 0.3) is 0 Å². The highest BCUT2D eigenvalue weighted by atomic mass is 79.9. The van der Waals surface area contributed by atoms with E-state index in [4.69, 9.17) is 10.5 Å². The first-order valence-electron chi connectivity index (χ1n) is 5.32. The SMILES string of the molecule is NCc1cc(Br)ccc1Oc1cc(Br)cc(F)c1F. The average Bonchev–Trinajstić information content (AvgIpc) is 2.37. The van der Waals surface area contributed by atoms with Crippen LogP contribution >= 0.6 is 31.9 Å². The molecule has 2 aromatic rings. The van der Waals surface area contributed by atoms with Crippen LogP contribution in [0.1, 0.15) is 5.56 Å². The van der Waals surface area contributed by atoms with E-state index in [1.54, 1.807) is 18.2 Å². The van der Waals surface area contributed by atoms with Gasteiger partial charge in [0.25, 0.3) is 0 Å². The van der Waals surface area contributed by atoms with Gasteiger partial charge in [-0.2, -0.15) is 4.39 Å². The van der Waals surface area contributed by atoms with Crippen molar-refractivity contribution in [3.63, 3.8) is 0 Å². The number of benzene rings is 2. The van der Waals surface area contributed by atoms with Crippen LogP contribution in [-0.4, -0.2) is 0 Å². The maximum Gasteiger partial charge on any atom is 0.201 e. The Morgan fingerprint density at radius 3 is 2.42 bits per heavy atom. The fraction of sp³-hybridized carbons (Fsp3) is 0.0769. The van der Waals surface area contributed by atoms with Crippen LogP contribution < -0.4 is 10.5 Å². The predicted molar refractivity (Wildman–Crippen MR) is 76.2 cm³/mol. The topological polar surface area (TPSA) is 35.2 Å². The minimum Gasteiger partial charge on any atom is -0.454 e. The molecule has 6 heteroatoms. The summed E-state index contributed by atoms with van der Waals surface area (Å²) in [7, 11) is 0. The van der Waals surface area contributed by atoms with Crippen molar-refractivity contribution in [2.45, 2.75) is 6.54 Å². The third-order valence-electron chi connectivity index (χ3n) is 2.42. The van der Waals surface area contributed by atoms with Crippen LogP contribution in [0.4, 0.5) is 8.78 Å². The Morgan fingerprint density at radius 1 is 1.00 bits per heavy atom. The van der Waals surface area contributed by atoms with Gasteiger partial charge in [-0.05, 0) is 30.3 Å². The minimum absolute atomic E-state index is 0.191. The Kier molecular flexibility index (Phi) is 4.54. The molecule has 0 aliphatic rings. The smallest absolute Gasteiger partial charge is 0.201 e. The van der Waals surface area contributed by atoms with Crippen LogP contribution in [0, 0.1) is 11.6 Å². The quantitative estimate of drug-likeness (QED) is 0.765. The standard InChI is InChI=1S/C13H9Br2F2NO/c14-8-1-2-11(7(3-8)6-18)19-12-5-9(15)4-10(16)13(12)17/h1-5H,6,18H2. The molecule has 0 amide bonds. The molecule has 100 valence electrons. The second kappa shape index (κ2) is 5.98. The normalized spacial score (nSPS) is 10.6. The summed E-state index contributed by atoms with van der Waals surface area (Å²) in [6.07, 6.45) is 0. The van der Waals surface area contributed by atoms with E-state index in [9.17, 15) is 8.78 Å². The van der Waals surface area contributed by atoms with Crippen molar-refractivity contribution in [2.24, 2.45) is 5.73 Å². The number of rotatable bonds is 3. The van der Waals surface area contributed by atoms with Crippen molar-refractivity contribution >= 4 is 31.9 Å². The number of nitrogens with two attached hydrogens (primary N) is 1. The zero-order valence-electron chi connectivity index (χ0n) is 9.59. The molecule has 0 spiro atoms. The van der Waals surface area contributed by atoms with E-state index in [1.165, 1.54) is 6.07 Å². The van der Waals surface area contributed by atoms with Gasteiger partial charge in [0.2, 0.25) is 5.82 Å². The molecule has 2 rings (SSSR count). The summed E-state index contributed by atoms with van der Waals surface area (Å²) in [6.45, 7) is 0.229. The molecule has 19 heavy (non-hydrogen) atoms. The first kappa shape index (κ1) is 14.4. The summed E-state index contributed by atoms with van der Waals surface area (Å²) in [5, 5.41) is 0. The summed E-state index contributed by atoms with van der Waals surface area (Å²) in [5.74, 6) is -1.81. The number of halogens is 4. The molecule has 0 saturated carbocycles. The van der Waals surface area contributed by atoms with E-state index in [0.29, 0.717) is 15.8 Å². The molecular formula is C13H9Br2F2NO. The van der Waals surface area contributed by atoms with Gasteiger partial charge in [-0.15, -0.1) is 0 Å². The van der Waals surface area contributed by atoms with E-state index in [1.807, 2.05) is 0 Å². The maximum atomic E-state index is 13.6. The summed E-state index contributed by atoms with van der Waals surface area (Å²) in [5.41, 5.74) is 6.28. The molecule has 0 bridgehead atoms. The van der Waals surface area contributed by atoms with Gasteiger partial charge in [-0.1, -0.05) is 31.9 Å². The number of ether oxygens (including phenoxy) is 1. The van der Waals surface area contributed by atoms with E-state index in [2.05, 4.69) is 31.9 Å². The minimum atomic E-state index is -1.03. The fourth-order valence-corrected chi connectivity index (χ4v) is 2.35. The molecule has 0 saturated heterocycles. The van der Waals surface area contributed by atoms with Crippen molar-refractivity contribution < 1.29 is 13.5 Å². The highest BCUT2D eigenvalue weighted by Crippen LogP contribution is 2.32. The lowest BCUT2D eigenvalue weighted by Crippen LogP contribution is -2.00. The first-order chi connectivity index (χ1) is 9.01. The Balaban J connectivity index is 2.41. The largest absolute Gasteiger partial charge is 0.454 e. The van der Waals surface area contributed by atoms with E-state index in [0.717, 1.165) is 10.5 Å². The molecule has 0 unspecified atom stereocenters. The van der Waals surface area contributed by atoms with Crippen molar-refractivity contribution in [2.75, 3.05) is 0 Å². The summed E-state index contributed by atoms with van der Waals surface area (Å²) in [6, 6.07) is 7.54. The molecule has 2 N–H and O–H groups in total. The third-order valence-corrected chi connectivity index (χ3v) is 3.37. The van der Waals surface area contributed by atoms with E-state index < -0.39 is 11.6 Å². The maximum absolute atomic E-state index is 13.6. The van der Waals surface area contributed by atoms with Crippen LogP contribution in [0.2, 0.25) is 0 Å². The molecule has 2 aromatic carbocycles. The van der Waals surface area contributed by atoms with E-state index >= 15 is 0 Å². The highest BCUT2D eigenvalue weighted by Gasteiger charge is 2.13. The summed E-state index contributed by atoms with van der Waals surface area (Å²) in [4.78, 5) is 0. The number of hydrogen-bond donors (Lipinski definition) is 1. The van der Waals surface area contributed by atoms with Crippen LogP contribution in [0.15, 0.2) is 39.3 Å². The van der Waals surface area contributed by atoms with Crippen molar-refractivity contribution in [3.8, 4) is 11.5 Å². The molecule has 0 atom stereocenters.